The number of rotatable bonds is 2. The minimum atomic E-state index is -0.298. The van der Waals surface area contributed by atoms with E-state index in [1.807, 2.05) is 18.2 Å². The molecule has 2 aromatic carbocycles. The van der Waals surface area contributed by atoms with Crippen molar-refractivity contribution in [3.8, 4) is 11.1 Å². The van der Waals surface area contributed by atoms with Crippen LogP contribution in [0.3, 0.4) is 0 Å². The molecular formula is C18H16FN. The highest BCUT2D eigenvalue weighted by Crippen LogP contribution is 2.26. The number of aryl methyl sites for hydroxylation is 2. The van der Waals surface area contributed by atoms with Crippen LogP contribution >= 0.6 is 0 Å². The van der Waals surface area contributed by atoms with Crippen molar-refractivity contribution < 1.29 is 4.39 Å². The lowest BCUT2D eigenvalue weighted by Gasteiger charge is -2.08. The number of benzene rings is 2. The highest BCUT2D eigenvalue weighted by Gasteiger charge is 2.04. The second-order valence-corrected chi connectivity index (χ2v) is 5.06. The normalized spacial score (nSPS) is 10.9. The highest BCUT2D eigenvalue weighted by atomic mass is 19.1. The van der Waals surface area contributed by atoms with Crippen LogP contribution in [0, 0.1) is 12.7 Å². The Labute approximate surface area is 118 Å². The van der Waals surface area contributed by atoms with Gasteiger partial charge in [0.2, 0.25) is 0 Å². The molecule has 1 aromatic heterocycles. The van der Waals surface area contributed by atoms with Crippen molar-refractivity contribution in [1.82, 2.24) is 4.98 Å². The van der Waals surface area contributed by atoms with Crippen molar-refractivity contribution in [2.45, 2.75) is 20.3 Å². The van der Waals surface area contributed by atoms with E-state index in [2.05, 4.69) is 37.0 Å². The van der Waals surface area contributed by atoms with Crippen LogP contribution in [0.25, 0.3) is 22.0 Å². The summed E-state index contributed by atoms with van der Waals surface area (Å²) in [5.41, 5.74) is 5.74. The largest absolute Gasteiger partial charge is 0.253 e. The van der Waals surface area contributed by atoms with Gasteiger partial charge in [0.15, 0.2) is 0 Å². The molecule has 0 radical (unpaired) electrons. The van der Waals surface area contributed by atoms with Gasteiger partial charge in [-0.25, -0.2) is 4.39 Å². The number of hydrogen-bond donors (Lipinski definition) is 0. The molecule has 2 heteroatoms. The van der Waals surface area contributed by atoms with Crippen LogP contribution in [0.4, 0.5) is 4.39 Å². The zero-order valence-corrected chi connectivity index (χ0v) is 11.7. The van der Waals surface area contributed by atoms with Gasteiger partial charge in [0, 0.05) is 5.39 Å². The van der Waals surface area contributed by atoms with E-state index in [9.17, 15) is 4.39 Å². The van der Waals surface area contributed by atoms with E-state index in [0.29, 0.717) is 0 Å². The summed E-state index contributed by atoms with van der Waals surface area (Å²) in [6.45, 7) is 4.29. The first-order chi connectivity index (χ1) is 9.67. The molecule has 1 nitrogen and oxygen atoms in total. The highest BCUT2D eigenvalue weighted by molar-refractivity contribution is 5.84. The van der Waals surface area contributed by atoms with Crippen LogP contribution in [0.1, 0.15) is 18.1 Å². The zero-order valence-electron chi connectivity index (χ0n) is 11.7. The fourth-order valence-electron chi connectivity index (χ4n) is 2.52. The van der Waals surface area contributed by atoms with Crippen LogP contribution in [-0.2, 0) is 6.42 Å². The lowest BCUT2D eigenvalue weighted by molar-refractivity contribution is 0.624. The topological polar surface area (TPSA) is 12.9 Å². The van der Waals surface area contributed by atoms with Crippen LogP contribution < -0.4 is 0 Å². The van der Waals surface area contributed by atoms with E-state index >= 15 is 0 Å². The third-order valence-corrected chi connectivity index (χ3v) is 3.71. The molecule has 0 atom stereocenters. The van der Waals surface area contributed by atoms with E-state index in [-0.39, 0.29) is 5.82 Å². The Balaban J connectivity index is 2.14. The minimum Gasteiger partial charge on any atom is -0.253 e. The van der Waals surface area contributed by atoms with Gasteiger partial charge >= 0.3 is 0 Å². The molecule has 0 saturated heterocycles. The average Bonchev–Trinajstić information content (AvgIpc) is 2.47. The quantitative estimate of drug-likeness (QED) is 0.641. The van der Waals surface area contributed by atoms with E-state index < -0.39 is 0 Å². The van der Waals surface area contributed by atoms with Gasteiger partial charge in [0.1, 0.15) is 5.82 Å². The second kappa shape index (κ2) is 5.04. The summed E-state index contributed by atoms with van der Waals surface area (Å²) in [6.07, 6.45) is 2.27. The van der Waals surface area contributed by atoms with E-state index in [0.717, 1.165) is 22.9 Å². The van der Waals surface area contributed by atoms with E-state index in [1.165, 1.54) is 29.0 Å². The molecule has 1 heterocycles. The predicted molar refractivity (Wildman–Crippen MR) is 81.3 cm³/mol. The molecule has 0 spiro atoms. The third kappa shape index (κ3) is 2.29. The molecule has 3 rings (SSSR count). The Hall–Kier alpha value is -2.22. The van der Waals surface area contributed by atoms with Crippen molar-refractivity contribution in [1.29, 1.82) is 0 Å². The second-order valence-electron chi connectivity index (χ2n) is 5.06. The maximum atomic E-state index is 13.3. The molecule has 0 amide bonds. The SMILES string of the molecule is CCc1cc(-c2ccc3ncc(F)cc3c2)ccc1C. The molecule has 0 fully saturated rings. The lowest BCUT2D eigenvalue weighted by atomic mass is 9.97. The maximum Gasteiger partial charge on any atom is 0.142 e. The lowest BCUT2D eigenvalue weighted by Crippen LogP contribution is -1.88. The van der Waals surface area contributed by atoms with Crippen molar-refractivity contribution in [3.63, 3.8) is 0 Å². The van der Waals surface area contributed by atoms with Crippen LogP contribution in [0.2, 0.25) is 0 Å². The fourth-order valence-corrected chi connectivity index (χ4v) is 2.52. The van der Waals surface area contributed by atoms with Gasteiger partial charge in [0.05, 0.1) is 11.7 Å². The van der Waals surface area contributed by atoms with Crippen molar-refractivity contribution >= 4 is 10.9 Å². The first-order valence-electron chi connectivity index (χ1n) is 6.82. The van der Waals surface area contributed by atoms with Crippen LogP contribution in [-0.4, -0.2) is 4.98 Å². The molecule has 0 aliphatic rings. The number of aromatic nitrogens is 1. The molecule has 100 valence electrons. The summed E-state index contributed by atoms with van der Waals surface area (Å²) in [7, 11) is 0. The molecule has 0 bridgehead atoms. The first kappa shape index (κ1) is 12.8. The smallest absolute Gasteiger partial charge is 0.142 e. The Bertz CT molecular complexity index is 777. The van der Waals surface area contributed by atoms with Gasteiger partial charge in [0.25, 0.3) is 0 Å². The molecule has 0 unspecified atom stereocenters. The van der Waals surface area contributed by atoms with Gasteiger partial charge in [-0.3, -0.25) is 4.98 Å². The molecular weight excluding hydrogens is 249 g/mol. The van der Waals surface area contributed by atoms with Gasteiger partial charge in [-0.15, -0.1) is 0 Å². The van der Waals surface area contributed by atoms with E-state index in [4.69, 9.17) is 0 Å². The van der Waals surface area contributed by atoms with Crippen molar-refractivity contribution in [3.05, 3.63) is 65.6 Å². The Morgan fingerprint density at radius 1 is 1.00 bits per heavy atom. The van der Waals surface area contributed by atoms with Crippen LogP contribution in [0.5, 0.6) is 0 Å². The summed E-state index contributed by atoms with van der Waals surface area (Å²) >= 11 is 0. The predicted octanol–water partition coefficient (Wildman–Crippen LogP) is 4.91. The standard InChI is InChI=1S/C18H16FN/c1-3-13-8-14(5-4-12(13)2)15-6-7-18-16(9-15)10-17(19)11-20-18/h4-11H,3H2,1-2H3. The fraction of sp³-hybridized carbons (Fsp3) is 0.167. The number of nitrogens with zero attached hydrogens (tertiary/aromatic N) is 1. The Kier molecular flexibility index (Phi) is 3.23. The first-order valence-corrected chi connectivity index (χ1v) is 6.82. The molecule has 0 aliphatic carbocycles. The van der Waals surface area contributed by atoms with Crippen molar-refractivity contribution in [2.75, 3.05) is 0 Å². The maximum absolute atomic E-state index is 13.3. The van der Waals surface area contributed by atoms with Gasteiger partial charge < -0.3 is 0 Å². The number of halogens is 1. The number of pyridine rings is 1. The van der Waals surface area contributed by atoms with Crippen LogP contribution in [0.15, 0.2) is 48.7 Å². The Morgan fingerprint density at radius 3 is 2.55 bits per heavy atom. The Morgan fingerprint density at radius 2 is 1.75 bits per heavy atom. The van der Waals surface area contributed by atoms with Gasteiger partial charge in [-0.1, -0.05) is 31.2 Å². The third-order valence-electron chi connectivity index (χ3n) is 3.71. The monoisotopic (exact) mass is 265 g/mol. The number of hydrogen-bond acceptors (Lipinski definition) is 1. The van der Waals surface area contributed by atoms with Gasteiger partial charge in [-0.05, 0) is 53.8 Å². The summed E-state index contributed by atoms with van der Waals surface area (Å²) in [6, 6.07) is 14.0. The molecule has 0 aliphatic heterocycles. The summed E-state index contributed by atoms with van der Waals surface area (Å²) < 4.78 is 13.3. The summed E-state index contributed by atoms with van der Waals surface area (Å²) in [5.74, 6) is -0.298. The molecule has 0 saturated carbocycles. The van der Waals surface area contributed by atoms with E-state index in [1.54, 1.807) is 0 Å². The van der Waals surface area contributed by atoms with Crippen molar-refractivity contribution in [2.24, 2.45) is 0 Å². The average molecular weight is 265 g/mol. The minimum absolute atomic E-state index is 0.298. The zero-order chi connectivity index (χ0) is 14.1. The summed E-state index contributed by atoms with van der Waals surface area (Å²) in [5, 5.41) is 0.834. The molecule has 20 heavy (non-hydrogen) atoms. The number of fused-ring (bicyclic) bond motifs is 1. The van der Waals surface area contributed by atoms with Gasteiger partial charge in [-0.2, -0.15) is 0 Å². The molecule has 3 aromatic rings. The molecule has 0 N–H and O–H groups in total. The summed E-state index contributed by atoms with van der Waals surface area (Å²) in [4.78, 5) is 4.09.